The Morgan fingerprint density at radius 3 is 2.53 bits per heavy atom. The zero-order chi connectivity index (χ0) is 11.8. The van der Waals surface area contributed by atoms with Gasteiger partial charge in [0, 0.05) is 18.2 Å². The summed E-state index contributed by atoms with van der Waals surface area (Å²) in [6.45, 7) is 3.40. The molecule has 1 atom stereocenters. The fraction of sp³-hybridized carbons (Fsp3) is 0.538. The minimum atomic E-state index is 0.472. The van der Waals surface area contributed by atoms with E-state index >= 15 is 0 Å². The number of hydrogen-bond donors (Lipinski definition) is 2. The molecule has 17 heavy (non-hydrogen) atoms. The molecule has 1 aromatic carbocycles. The van der Waals surface area contributed by atoms with Gasteiger partial charge in [-0.2, -0.15) is 0 Å². The van der Waals surface area contributed by atoms with Crippen molar-refractivity contribution < 1.29 is 9.47 Å². The van der Waals surface area contributed by atoms with E-state index in [1.165, 1.54) is 12.8 Å². The second-order valence-corrected chi connectivity index (χ2v) is 4.85. The number of nitrogens with two attached hydrogens (primary N) is 1. The first-order valence-corrected chi connectivity index (χ1v) is 6.19. The molecule has 1 heterocycles. The third-order valence-corrected chi connectivity index (χ3v) is 3.43. The van der Waals surface area contributed by atoms with Gasteiger partial charge in [-0.25, -0.2) is 0 Å². The van der Waals surface area contributed by atoms with E-state index in [-0.39, 0.29) is 0 Å². The molecule has 3 rings (SSSR count). The molecule has 0 aromatic heterocycles. The second kappa shape index (κ2) is 4.02. The molecule has 1 aliphatic carbocycles. The Balaban J connectivity index is 1.83. The number of benzene rings is 1. The van der Waals surface area contributed by atoms with Crippen LogP contribution >= 0.6 is 0 Å². The van der Waals surface area contributed by atoms with Crippen LogP contribution in [0.1, 0.15) is 19.8 Å². The van der Waals surface area contributed by atoms with Crippen LogP contribution in [0.25, 0.3) is 0 Å². The van der Waals surface area contributed by atoms with Crippen LogP contribution in [0.3, 0.4) is 0 Å². The first-order valence-electron chi connectivity index (χ1n) is 6.19. The van der Waals surface area contributed by atoms with Gasteiger partial charge in [-0.3, -0.25) is 0 Å². The minimum absolute atomic E-state index is 0.472. The molecule has 92 valence electrons. The van der Waals surface area contributed by atoms with Crippen molar-refractivity contribution in [3.05, 3.63) is 12.1 Å². The zero-order valence-corrected chi connectivity index (χ0v) is 10.0. The molecule has 1 aromatic rings. The number of ether oxygens (including phenoxy) is 2. The minimum Gasteiger partial charge on any atom is -0.486 e. The fourth-order valence-corrected chi connectivity index (χ4v) is 2.19. The number of anilines is 2. The highest BCUT2D eigenvalue weighted by Gasteiger charge is 2.28. The summed E-state index contributed by atoms with van der Waals surface area (Å²) in [5.74, 6) is 2.33. The maximum Gasteiger partial charge on any atom is 0.163 e. The second-order valence-electron chi connectivity index (χ2n) is 4.85. The quantitative estimate of drug-likeness (QED) is 0.788. The van der Waals surface area contributed by atoms with E-state index < -0.39 is 0 Å². The Hall–Kier alpha value is -1.58. The van der Waals surface area contributed by atoms with Crippen molar-refractivity contribution in [2.45, 2.75) is 25.8 Å². The molecule has 0 bridgehead atoms. The average Bonchev–Trinajstić information content (AvgIpc) is 3.14. The molecule has 3 N–H and O–H groups in total. The highest BCUT2D eigenvalue weighted by Crippen LogP contribution is 2.39. The van der Waals surface area contributed by atoms with Crippen molar-refractivity contribution >= 4 is 11.4 Å². The number of fused-ring (bicyclic) bond motifs is 1. The Bertz CT molecular complexity index is 430. The van der Waals surface area contributed by atoms with Gasteiger partial charge in [-0.05, 0) is 25.7 Å². The topological polar surface area (TPSA) is 56.5 Å². The lowest BCUT2D eigenvalue weighted by atomic mass is 10.1. The van der Waals surface area contributed by atoms with Crippen LogP contribution in [-0.2, 0) is 0 Å². The van der Waals surface area contributed by atoms with E-state index in [9.17, 15) is 0 Å². The van der Waals surface area contributed by atoms with E-state index in [1.807, 2.05) is 12.1 Å². The Kier molecular flexibility index (Phi) is 2.50. The summed E-state index contributed by atoms with van der Waals surface area (Å²) in [5.41, 5.74) is 7.69. The standard InChI is InChI=1S/C13H18N2O2/c1-8(9-2-3-9)15-11-7-13-12(6-10(11)14)16-4-5-17-13/h6-9,15H,2-5,14H2,1H3. The summed E-state index contributed by atoms with van der Waals surface area (Å²) in [4.78, 5) is 0. The molecule has 1 saturated carbocycles. The van der Waals surface area contributed by atoms with Crippen LogP contribution in [0.15, 0.2) is 12.1 Å². The third-order valence-electron chi connectivity index (χ3n) is 3.43. The molecule has 4 nitrogen and oxygen atoms in total. The van der Waals surface area contributed by atoms with Gasteiger partial charge in [0.15, 0.2) is 11.5 Å². The summed E-state index contributed by atoms with van der Waals surface area (Å²) in [5, 5.41) is 3.46. The van der Waals surface area contributed by atoms with Gasteiger partial charge in [-0.15, -0.1) is 0 Å². The normalized spacial score (nSPS) is 19.8. The van der Waals surface area contributed by atoms with Gasteiger partial charge < -0.3 is 20.5 Å². The van der Waals surface area contributed by atoms with Gasteiger partial charge in [0.25, 0.3) is 0 Å². The molecule has 0 radical (unpaired) electrons. The first-order chi connectivity index (χ1) is 8.24. The molecule has 1 unspecified atom stereocenters. The highest BCUT2D eigenvalue weighted by atomic mass is 16.6. The molecule has 0 saturated heterocycles. The van der Waals surface area contributed by atoms with Crippen LogP contribution in [0.2, 0.25) is 0 Å². The predicted octanol–water partition coefficient (Wildman–Crippen LogP) is 2.25. The first kappa shape index (κ1) is 10.6. The maximum atomic E-state index is 6.02. The van der Waals surface area contributed by atoms with Crippen LogP contribution in [0.5, 0.6) is 11.5 Å². The zero-order valence-electron chi connectivity index (χ0n) is 10.0. The molecule has 4 heteroatoms. The summed E-state index contributed by atoms with van der Waals surface area (Å²) < 4.78 is 11.0. The fourth-order valence-electron chi connectivity index (χ4n) is 2.19. The van der Waals surface area contributed by atoms with Gasteiger partial charge in [0.05, 0.1) is 11.4 Å². The maximum absolute atomic E-state index is 6.02. The van der Waals surface area contributed by atoms with Gasteiger partial charge in [-0.1, -0.05) is 0 Å². The van der Waals surface area contributed by atoms with Crippen LogP contribution < -0.4 is 20.5 Å². The number of hydrogen-bond acceptors (Lipinski definition) is 4. The summed E-state index contributed by atoms with van der Waals surface area (Å²) in [6, 6.07) is 4.26. The van der Waals surface area contributed by atoms with Crippen molar-refractivity contribution in [3.8, 4) is 11.5 Å². The lowest BCUT2D eigenvalue weighted by Gasteiger charge is -2.22. The Labute approximate surface area is 101 Å². The Morgan fingerprint density at radius 2 is 1.88 bits per heavy atom. The van der Waals surface area contributed by atoms with E-state index in [4.69, 9.17) is 15.2 Å². The number of nitrogens with one attached hydrogen (secondary N) is 1. The summed E-state index contributed by atoms with van der Waals surface area (Å²) in [7, 11) is 0. The molecule has 2 aliphatic rings. The summed E-state index contributed by atoms with van der Waals surface area (Å²) in [6.07, 6.45) is 2.64. The van der Waals surface area contributed by atoms with E-state index in [2.05, 4.69) is 12.2 Å². The van der Waals surface area contributed by atoms with E-state index in [0.29, 0.717) is 19.3 Å². The Morgan fingerprint density at radius 1 is 1.24 bits per heavy atom. The van der Waals surface area contributed by atoms with Gasteiger partial charge >= 0.3 is 0 Å². The van der Waals surface area contributed by atoms with Crippen LogP contribution in [-0.4, -0.2) is 19.3 Å². The van der Waals surface area contributed by atoms with Crippen molar-refractivity contribution in [3.63, 3.8) is 0 Å². The van der Waals surface area contributed by atoms with Crippen molar-refractivity contribution in [1.29, 1.82) is 0 Å². The van der Waals surface area contributed by atoms with E-state index in [1.54, 1.807) is 0 Å². The molecular formula is C13H18N2O2. The predicted molar refractivity (Wildman–Crippen MR) is 67.7 cm³/mol. The SMILES string of the molecule is CC(Nc1cc2c(cc1N)OCCO2)C1CC1. The monoisotopic (exact) mass is 234 g/mol. The third kappa shape index (κ3) is 2.12. The molecule has 1 fully saturated rings. The van der Waals surface area contributed by atoms with Crippen molar-refractivity contribution in [2.24, 2.45) is 5.92 Å². The van der Waals surface area contributed by atoms with Crippen molar-refractivity contribution in [2.75, 3.05) is 24.3 Å². The largest absolute Gasteiger partial charge is 0.486 e. The lowest BCUT2D eigenvalue weighted by molar-refractivity contribution is 0.172. The van der Waals surface area contributed by atoms with E-state index in [0.717, 1.165) is 28.8 Å². The highest BCUT2D eigenvalue weighted by molar-refractivity contribution is 5.72. The van der Waals surface area contributed by atoms with Gasteiger partial charge in [0.1, 0.15) is 13.2 Å². The van der Waals surface area contributed by atoms with Crippen LogP contribution in [0.4, 0.5) is 11.4 Å². The molecular weight excluding hydrogens is 216 g/mol. The van der Waals surface area contributed by atoms with Gasteiger partial charge in [0.2, 0.25) is 0 Å². The van der Waals surface area contributed by atoms with Crippen molar-refractivity contribution in [1.82, 2.24) is 0 Å². The molecule has 0 spiro atoms. The average molecular weight is 234 g/mol. The lowest BCUT2D eigenvalue weighted by Crippen LogP contribution is -2.20. The molecule has 0 amide bonds. The number of rotatable bonds is 3. The molecule has 1 aliphatic heterocycles. The summed E-state index contributed by atoms with van der Waals surface area (Å²) >= 11 is 0. The number of nitrogen functional groups attached to an aromatic ring is 1. The smallest absolute Gasteiger partial charge is 0.163 e. The van der Waals surface area contributed by atoms with Crippen LogP contribution in [0, 0.1) is 5.92 Å².